The molecule has 0 bridgehead atoms. The molecule has 3 heteroatoms. The molecule has 1 aromatic carbocycles. The zero-order valence-corrected chi connectivity index (χ0v) is 10.3. The summed E-state index contributed by atoms with van der Waals surface area (Å²) < 4.78 is 0. The quantitative estimate of drug-likeness (QED) is 0.877. The molecule has 0 fully saturated rings. The fourth-order valence-corrected chi connectivity index (χ4v) is 1.77. The van der Waals surface area contributed by atoms with E-state index in [0.717, 1.165) is 23.9 Å². The first-order chi connectivity index (χ1) is 8.16. The van der Waals surface area contributed by atoms with Crippen LogP contribution in [0.4, 0.5) is 0 Å². The highest BCUT2D eigenvalue weighted by Crippen LogP contribution is 2.20. The van der Waals surface area contributed by atoms with Crippen LogP contribution in [-0.4, -0.2) is 15.1 Å². The van der Waals surface area contributed by atoms with E-state index in [-0.39, 0.29) is 0 Å². The van der Waals surface area contributed by atoms with Crippen LogP contribution in [0, 0.1) is 5.92 Å². The van der Waals surface area contributed by atoms with Crippen molar-refractivity contribution in [3.63, 3.8) is 0 Å². The summed E-state index contributed by atoms with van der Waals surface area (Å²) in [6, 6.07) is 7.71. The lowest BCUT2D eigenvalue weighted by Crippen LogP contribution is -2.03. The fourth-order valence-electron chi connectivity index (χ4n) is 1.77. The molecule has 1 N–H and O–H groups in total. The van der Waals surface area contributed by atoms with E-state index >= 15 is 0 Å². The lowest BCUT2D eigenvalue weighted by atomic mass is 10.0. The molecule has 3 nitrogen and oxygen atoms in total. The highest BCUT2D eigenvalue weighted by molar-refractivity contribution is 5.73. The molecule has 17 heavy (non-hydrogen) atoms. The molecule has 1 heterocycles. The monoisotopic (exact) mass is 230 g/mol. The summed E-state index contributed by atoms with van der Waals surface area (Å²) in [6.07, 6.45) is 2.91. The van der Waals surface area contributed by atoms with Crippen molar-refractivity contribution in [2.24, 2.45) is 5.92 Å². The molecule has 0 spiro atoms. The van der Waals surface area contributed by atoms with Crippen molar-refractivity contribution >= 4 is 11.0 Å². The number of aliphatic hydroxyl groups excluding tert-OH is 1. The van der Waals surface area contributed by atoms with Crippen molar-refractivity contribution in [2.75, 3.05) is 0 Å². The summed E-state index contributed by atoms with van der Waals surface area (Å²) in [5, 5.41) is 10.0. The topological polar surface area (TPSA) is 46.0 Å². The maximum atomic E-state index is 10.0. The van der Waals surface area contributed by atoms with Crippen LogP contribution in [-0.2, 0) is 0 Å². The number of aromatic nitrogens is 2. The molecule has 0 saturated carbocycles. The number of benzene rings is 1. The van der Waals surface area contributed by atoms with Gasteiger partial charge in [0.25, 0.3) is 0 Å². The van der Waals surface area contributed by atoms with Gasteiger partial charge in [0, 0.05) is 0 Å². The van der Waals surface area contributed by atoms with Crippen molar-refractivity contribution in [1.82, 2.24) is 9.97 Å². The lowest BCUT2D eigenvalue weighted by molar-refractivity contribution is 0.154. The molecule has 1 atom stereocenters. The van der Waals surface area contributed by atoms with Crippen molar-refractivity contribution in [2.45, 2.75) is 32.8 Å². The summed E-state index contributed by atoms with van der Waals surface area (Å²) >= 11 is 0. The molecule has 0 radical (unpaired) electrons. The van der Waals surface area contributed by atoms with E-state index in [1.165, 1.54) is 0 Å². The number of rotatable bonds is 4. The van der Waals surface area contributed by atoms with E-state index in [9.17, 15) is 5.11 Å². The number of hydrogen-bond donors (Lipinski definition) is 1. The number of para-hydroxylation sites is 2. The predicted octanol–water partition coefficient (Wildman–Crippen LogP) is 3.10. The fraction of sp³-hybridized carbons (Fsp3) is 0.429. The van der Waals surface area contributed by atoms with Gasteiger partial charge < -0.3 is 5.11 Å². The summed E-state index contributed by atoms with van der Waals surface area (Å²) in [5.74, 6) is 0.595. The van der Waals surface area contributed by atoms with Gasteiger partial charge in [0.05, 0.1) is 29.0 Å². The van der Waals surface area contributed by atoms with Gasteiger partial charge in [0.1, 0.15) is 0 Å². The van der Waals surface area contributed by atoms with Crippen molar-refractivity contribution < 1.29 is 5.11 Å². The van der Waals surface area contributed by atoms with E-state index in [0.29, 0.717) is 11.6 Å². The molecule has 0 saturated heterocycles. The lowest BCUT2D eigenvalue weighted by Gasteiger charge is -2.11. The number of nitrogens with zero attached hydrogens (tertiary/aromatic N) is 2. The molecular weight excluding hydrogens is 212 g/mol. The van der Waals surface area contributed by atoms with Crippen LogP contribution in [0.25, 0.3) is 11.0 Å². The average Bonchev–Trinajstić information content (AvgIpc) is 2.35. The maximum Gasteiger partial charge on any atom is 0.0975 e. The Morgan fingerprint density at radius 1 is 1.12 bits per heavy atom. The third kappa shape index (κ3) is 3.01. The number of hydrogen-bond acceptors (Lipinski definition) is 3. The van der Waals surface area contributed by atoms with E-state index in [4.69, 9.17) is 0 Å². The Labute approximate surface area is 102 Å². The first-order valence-corrected chi connectivity index (χ1v) is 6.06. The standard InChI is InChI=1S/C14H18N2O/c1-10(2)7-8-14(17)13-9-15-11-5-3-4-6-12(11)16-13/h3-6,9-10,14,17H,7-8H2,1-2H3. The van der Waals surface area contributed by atoms with Gasteiger partial charge in [-0.2, -0.15) is 0 Å². The normalized spacial score (nSPS) is 13.2. The molecule has 0 aliphatic carbocycles. The Kier molecular flexibility index (Phi) is 3.69. The molecule has 0 aliphatic heterocycles. The second kappa shape index (κ2) is 5.23. The first kappa shape index (κ1) is 12.0. The van der Waals surface area contributed by atoms with Gasteiger partial charge in [0.15, 0.2) is 0 Å². The van der Waals surface area contributed by atoms with Gasteiger partial charge in [-0.15, -0.1) is 0 Å². The van der Waals surface area contributed by atoms with Crippen LogP contribution < -0.4 is 0 Å². The molecule has 1 aromatic heterocycles. The summed E-state index contributed by atoms with van der Waals surface area (Å²) in [7, 11) is 0. The zero-order chi connectivity index (χ0) is 12.3. The minimum Gasteiger partial charge on any atom is -0.387 e. The molecule has 2 aromatic rings. The van der Waals surface area contributed by atoms with Crippen LogP contribution in [0.5, 0.6) is 0 Å². The average molecular weight is 230 g/mol. The highest BCUT2D eigenvalue weighted by atomic mass is 16.3. The minimum atomic E-state index is -0.505. The summed E-state index contributed by atoms with van der Waals surface area (Å²) in [5.41, 5.74) is 2.38. The van der Waals surface area contributed by atoms with Crippen LogP contribution in [0.3, 0.4) is 0 Å². The van der Waals surface area contributed by atoms with Crippen LogP contribution >= 0.6 is 0 Å². The van der Waals surface area contributed by atoms with Gasteiger partial charge in [-0.1, -0.05) is 26.0 Å². The van der Waals surface area contributed by atoms with Gasteiger partial charge in [-0.3, -0.25) is 4.98 Å². The Hall–Kier alpha value is -1.48. The Balaban J connectivity index is 2.18. The number of aliphatic hydroxyl groups is 1. The third-order valence-corrected chi connectivity index (χ3v) is 2.83. The molecule has 2 rings (SSSR count). The maximum absolute atomic E-state index is 10.0. The van der Waals surface area contributed by atoms with Gasteiger partial charge in [-0.25, -0.2) is 4.98 Å². The van der Waals surface area contributed by atoms with Crippen molar-refractivity contribution in [3.8, 4) is 0 Å². The van der Waals surface area contributed by atoms with Crippen LogP contribution in [0.15, 0.2) is 30.5 Å². The first-order valence-electron chi connectivity index (χ1n) is 6.06. The Bertz CT molecular complexity index is 496. The van der Waals surface area contributed by atoms with E-state index < -0.39 is 6.10 Å². The van der Waals surface area contributed by atoms with Gasteiger partial charge >= 0.3 is 0 Å². The van der Waals surface area contributed by atoms with Crippen LogP contribution in [0.2, 0.25) is 0 Å². The summed E-state index contributed by atoms with van der Waals surface area (Å²) in [6.45, 7) is 4.30. The second-order valence-electron chi connectivity index (χ2n) is 4.77. The van der Waals surface area contributed by atoms with Crippen LogP contribution in [0.1, 0.15) is 38.5 Å². The van der Waals surface area contributed by atoms with Gasteiger partial charge in [-0.05, 0) is 30.9 Å². The van der Waals surface area contributed by atoms with E-state index in [1.807, 2.05) is 24.3 Å². The van der Waals surface area contributed by atoms with Crippen molar-refractivity contribution in [1.29, 1.82) is 0 Å². The summed E-state index contributed by atoms with van der Waals surface area (Å²) in [4.78, 5) is 8.75. The molecule has 90 valence electrons. The van der Waals surface area contributed by atoms with E-state index in [2.05, 4.69) is 23.8 Å². The second-order valence-corrected chi connectivity index (χ2v) is 4.77. The minimum absolute atomic E-state index is 0.505. The molecular formula is C14H18N2O. The van der Waals surface area contributed by atoms with E-state index in [1.54, 1.807) is 6.20 Å². The molecule has 1 unspecified atom stereocenters. The van der Waals surface area contributed by atoms with Gasteiger partial charge in [0.2, 0.25) is 0 Å². The Morgan fingerprint density at radius 3 is 2.53 bits per heavy atom. The number of fused-ring (bicyclic) bond motifs is 1. The SMILES string of the molecule is CC(C)CCC(O)c1cnc2ccccc2n1. The predicted molar refractivity (Wildman–Crippen MR) is 68.6 cm³/mol. The van der Waals surface area contributed by atoms with Crippen molar-refractivity contribution in [3.05, 3.63) is 36.2 Å². The molecule has 0 amide bonds. The largest absolute Gasteiger partial charge is 0.387 e. The third-order valence-electron chi connectivity index (χ3n) is 2.83. The zero-order valence-electron chi connectivity index (χ0n) is 10.3. The molecule has 0 aliphatic rings. The highest BCUT2D eigenvalue weighted by Gasteiger charge is 2.11. The smallest absolute Gasteiger partial charge is 0.0975 e. The Morgan fingerprint density at radius 2 is 1.82 bits per heavy atom.